The third-order valence-electron chi connectivity index (χ3n) is 4.47. The minimum Gasteiger partial charge on any atom is -0.495 e. The summed E-state index contributed by atoms with van der Waals surface area (Å²) in [6.45, 7) is 4.83. The quantitative estimate of drug-likeness (QED) is 0.568. The molecule has 3 rings (SSSR count). The predicted molar refractivity (Wildman–Crippen MR) is 119 cm³/mol. The van der Waals surface area contributed by atoms with E-state index in [-0.39, 0.29) is 10.8 Å². The van der Waals surface area contributed by atoms with Crippen molar-refractivity contribution in [1.29, 1.82) is 0 Å². The van der Waals surface area contributed by atoms with E-state index < -0.39 is 10.0 Å². The van der Waals surface area contributed by atoms with Gasteiger partial charge in [0.15, 0.2) is 5.76 Å². The molecule has 1 heterocycles. The summed E-state index contributed by atoms with van der Waals surface area (Å²) in [5.41, 5.74) is 2.59. The van der Waals surface area contributed by atoms with Crippen molar-refractivity contribution in [2.45, 2.75) is 25.7 Å². The molecule has 0 fully saturated rings. The summed E-state index contributed by atoms with van der Waals surface area (Å²) in [6.07, 6.45) is 3.31. The molecule has 0 saturated carbocycles. The fourth-order valence-electron chi connectivity index (χ4n) is 2.94. The van der Waals surface area contributed by atoms with E-state index in [9.17, 15) is 13.2 Å². The Hall–Kier alpha value is -3.59. The second-order valence-corrected chi connectivity index (χ2v) is 8.50. The maximum Gasteiger partial charge on any atom is 0.262 e. The monoisotopic (exact) mass is 441 g/mol. The molecule has 0 aliphatic rings. The number of methoxy groups -OCH3 is 1. The molecule has 0 saturated heterocycles. The van der Waals surface area contributed by atoms with Gasteiger partial charge < -0.3 is 14.6 Å². The number of nitrogens with zero attached hydrogens (tertiary/aromatic N) is 1. The van der Waals surface area contributed by atoms with Crippen LogP contribution in [0.15, 0.2) is 51.9 Å². The van der Waals surface area contributed by atoms with Crippen molar-refractivity contribution < 1.29 is 22.5 Å². The lowest BCUT2D eigenvalue weighted by Crippen LogP contribution is -2.15. The van der Waals surface area contributed by atoms with Gasteiger partial charge in [-0.05, 0) is 49.2 Å². The Labute approximate surface area is 181 Å². The van der Waals surface area contributed by atoms with Crippen molar-refractivity contribution in [3.63, 3.8) is 0 Å². The van der Waals surface area contributed by atoms with Crippen LogP contribution in [-0.2, 0) is 14.8 Å². The van der Waals surface area contributed by atoms with E-state index in [1.807, 2.05) is 0 Å². The molecule has 8 nitrogen and oxygen atoms in total. The maximum absolute atomic E-state index is 13.0. The van der Waals surface area contributed by atoms with Gasteiger partial charge in [-0.25, -0.2) is 8.42 Å². The van der Waals surface area contributed by atoms with E-state index in [2.05, 4.69) is 15.2 Å². The first-order chi connectivity index (χ1) is 14.7. The number of para-hydroxylation sites is 2. The number of anilines is 2. The van der Waals surface area contributed by atoms with E-state index >= 15 is 0 Å². The fourth-order valence-corrected chi connectivity index (χ4v) is 4.29. The lowest BCUT2D eigenvalue weighted by molar-refractivity contribution is -0.114. The van der Waals surface area contributed by atoms with Crippen LogP contribution in [0.5, 0.6) is 5.75 Å². The number of hydrogen-bond donors (Lipinski definition) is 2. The number of hydrogen-bond acceptors (Lipinski definition) is 6. The van der Waals surface area contributed by atoms with Crippen LogP contribution in [0.3, 0.4) is 0 Å². The molecule has 31 heavy (non-hydrogen) atoms. The van der Waals surface area contributed by atoms with Crippen molar-refractivity contribution in [2.75, 3.05) is 17.1 Å². The van der Waals surface area contributed by atoms with Crippen LogP contribution in [0.25, 0.3) is 12.2 Å². The van der Waals surface area contributed by atoms with E-state index in [0.717, 1.165) is 0 Å². The molecule has 2 N–H and O–H groups in total. The second-order valence-electron chi connectivity index (χ2n) is 6.85. The number of sulfonamides is 1. The van der Waals surface area contributed by atoms with Crippen molar-refractivity contribution in [3.8, 4) is 5.75 Å². The topological polar surface area (TPSA) is 111 Å². The van der Waals surface area contributed by atoms with Crippen molar-refractivity contribution >= 4 is 39.5 Å². The first-order valence-electron chi connectivity index (χ1n) is 9.39. The number of amides is 1. The lowest BCUT2D eigenvalue weighted by atomic mass is 10.1. The minimum absolute atomic E-state index is 0.136. The molecule has 9 heteroatoms. The third-order valence-corrected chi connectivity index (χ3v) is 5.98. The molecule has 0 bridgehead atoms. The van der Waals surface area contributed by atoms with Crippen LogP contribution in [0.2, 0.25) is 0 Å². The van der Waals surface area contributed by atoms with Gasteiger partial charge in [-0.1, -0.05) is 35.5 Å². The number of nitrogens with one attached hydrogen (secondary N) is 2. The number of benzene rings is 2. The summed E-state index contributed by atoms with van der Waals surface area (Å²) in [4.78, 5) is 11.5. The Morgan fingerprint density at radius 2 is 1.87 bits per heavy atom. The molecule has 0 aliphatic carbocycles. The van der Waals surface area contributed by atoms with Crippen molar-refractivity contribution in [3.05, 3.63) is 65.0 Å². The number of carbonyl (C=O) groups is 1. The highest BCUT2D eigenvalue weighted by Crippen LogP contribution is 2.28. The molecule has 162 valence electrons. The predicted octanol–water partition coefficient (Wildman–Crippen LogP) is 4.23. The highest BCUT2D eigenvalue weighted by atomic mass is 32.2. The zero-order chi connectivity index (χ0) is 22.6. The Balaban J connectivity index is 1.92. The van der Waals surface area contributed by atoms with Gasteiger partial charge in [0.2, 0.25) is 5.91 Å². The fraction of sp³-hybridized carbons (Fsp3) is 0.182. The zero-order valence-electron chi connectivity index (χ0n) is 17.6. The highest BCUT2D eigenvalue weighted by molar-refractivity contribution is 7.92. The Morgan fingerprint density at radius 1 is 1.13 bits per heavy atom. The number of aryl methyl sites for hydroxylation is 2. The number of ether oxygens (including phenoxy) is 1. The standard InChI is InChI=1S/C22H23N3O5S/c1-14-9-10-17(11-12-20-22(23-16(3)26)15(2)24-30-20)13-21(14)31(27,28)25-18-7-5-6-8-19(18)29-4/h5-13,25H,1-4H3,(H,23,26). The van der Waals surface area contributed by atoms with Gasteiger partial charge in [0.1, 0.15) is 17.1 Å². The van der Waals surface area contributed by atoms with Gasteiger partial charge in [-0.2, -0.15) is 0 Å². The third kappa shape index (κ3) is 5.13. The van der Waals surface area contributed by atoms with E-state index in [4.69, 9.17) is 9.26 Å². The van der Waals surface area contributed by atoms with Crippen LogP contribution in [0, 0.1) is 13.8 Å². The van der Waals surface area contributed by atoms with Crippen LogP contribution >= 0.6 is 0 Å². The molecule has 0 radical (unpaired) electrons. The Morgan fingerprint density at radius 3 is 2.58 bits per heavy atom. The van der Waals surface area contributed by atoms with E-state index in [0.29, 0.717) is 39.7 Å². The van der Waals surface area contributed by atoms with Gasteiger partial charge in [0.05, 0.1) is 17.7 Å². The minimum atomic E-state index is -3.86. The van der Waals surface area contributed by atoms with Crippen molar-refractivity contribution in [2.24, 2.45) is 0 Å². The molecule has 0 unspecified atom stereocenters. The molecule has 2 aromatic carbocycles. The molecule has 0 spiro atoms. The summed E-state index contributed by atoms with van der Waals surface area (Å²) in [6, 6.07) is 11.9. The molecule has 1 aromatic heterocycles. The van der Waals surface area contributed by atoms with Crippen molar-refractivity contribution in [1.82, 2.24) is 5.16 Å². The van der Waals surface area contributed by atoms with Crippen LogP contribution < -0.4 is 14.8 Å². The number of rotatable bonds is 7. The van der Waals surface area contributed by atoms with Crippen LogP contribution in [0.1, 0.15) is 29.5 Å². The molecular weight excluding hydrogens is 418 g/mol. The molecule has 3 aromatic rings. The largest absolute Gasteiger partial charge is 0.495 e. The number of carbonyl (C=O) groups excluding carboxylic acids is 1. The van der Waals surface area contributed by atoms with Gasteiger partial charge in [-0.3, -0.25) is 9.52 Å². The Bertz CT molecular complexity index is 1250. The van der Waals surface area contributed by atoms with Gasteiger partial charge in [0, 0.05) is 6.92 Å². The van der Waals surface area contributed by atoms with E-state index in [1.54, 1.807) is 68.5 Å². The average Bonchev–Trinajstić information content (AvgIpc) is 3.06. The summed E-state index contributed by atoms with van der Waals surface area (Å²) < 4.78 is 39.1. The number of aromatic nitrogens is 1. The second kappa shape index (κ2) is 9.05. The van der Waals surface area contributed by atoms with Crippen LogP contribution in [0.4, 0.5) is 11.4 Å². The molecular formula is C22H23N3O5S. The van der Waals surface area contributed by atoms with E-state index in [1.165, 1.54) is 14.0 Å². The average molecular weight is 442 g/mol. The maximum atomic E-state index is 13.0. The SMILES string of the molecule is COc1ccccc1NS(=O)(=O)c1cc(C=Cc2onc(C)c2NC(C)=O)ccc1C. The summed E-state index contributed by atoms with van der Waals surface area (Å²) in [5.74, 6) is 0.544. The normalized spacial score (nSPS) is 11.5. The first kappa shape index (κ1) is 22.1. The summed E-state index contributed by atoms with van der Waals surface area (Å²) in [5, 5.41) is 6.53. The first-order valence-corrected chi connectivity index (χ1v) is 10.9. The van der Waals surface area contributed by atoms with Gasteiger partial charge in [0.25, 0.3) is 10.0 Å². The highest BCUT2D eigenvalue weighted by Gasteiger charge is 2.19. The van der Waals surface area contributed by atoms with Gasteiger partial charge >= 0.3 is 0 Å². The summed E-state index contributed by atoms with van der Waals surface area (Å²) in [7, 11) is -2.38. The Kier molecular flexibility index (Phi) is 6.45. The molecule has 0 aliphatic heterocycles. The lowest BCUT2D eigenvalue weighted by Gasteiger charge is -2.13. The summed E-state index contributed by atoms with van der Waals surface area (Å²) >= 11 is 0. The smallest absolute Gasteiger partial charge is 0.262 e. The molecule has 0 atom stereocenters. The van der Waals surface area contributed by atoms with Crippen LogP contribution in [-0.4, -0.2) is 26.6 Å². The van der Waals surface area contributed by atoms with Gasteiger partial charge in [-0.15, -0.1) is 0 Å². The molecule has 1 amide bonds. The zero-order valence-corrected chi connectivity index (χ0v) is 18.4.